The maximum absolute atomic E-state index is 12.1. The van der Waals surface area contributed by atoms with Gasteiger partial charge in [0.05, 0.1) is 4.88 Å². The van der Waals surface area contributed by atoms with Crippen molar-refractivity contribution in [2.75, 3.05) is 0 Å². The van der Waals surface area contributed by atoms with Gasteiger partial charge >= 0.3 is 0 Å². The fourth-order valence-corrected chi connectivity index (χ4v) is 3.16. The molecule has 0 saturated carbocycles. The highest BCUT2D eigenvalue weighted by molar-refractivity contribution is 9.10. The third-order valence-electron chi connectivity index (χ3n) is 2.49. The fourth-order valence-electron chi connectivity index (χ4n) is 1.49. The first kappa shape index (κ1) is 12.8. The van der Waals surface area contributed by atoms with Crippen LogP contribution in [0.3, 0.4) is 0 Å². The van der Waals surface area contributed by atoms with Crippen molar-refractivity contribution in [2.45, 2.75) is 13.3 Å². The monoisotopic (exact) mass is 328 g/mol. The molecule has 1 aromatic heterocycles. The first-order valence-electron chi connectivity index (χ1n) is 5.20. The number of thiophene rings is 1. The molecule has 1 nitrogen and oxygen atoms in total. The molecule has 1 heterocycles. The Bertz CT molecular complexity index is 526. The molecule has 17 heavy (non-hydrogen) atoms. The molecule has 4 heteroatoms. The van der Waals surface area contributed by atoms with E-state index in [1.807, 2.05) is 24.3 Å². The summed E-state index contributed by atoms with van der Waals surface area (Å²) < 4.78 is 1.39. The highest BCUT2D eigenvalue weighted by Gasteiger charge is 2.14. The average molecular weight is 330 g/mol. The Balaban J connectivity index is 2.30. The van der Waals surface area contributed by atoms with Gasteiger partial charge in [-0.15, -0.1) is 11.3 Å². The summed E-state index contributed by atoms with van der Waals surface area (Å²) in [5.74, 6) is 0.0188. The normalized spacial score (nSPS) is 10.5. The zero-order valence-corrected chi connectivity index (χ0v) is 12.3. The van der Waals surface area contributed by atoms with Crippen LogP contribution in [0.15, 0.2) is 34.8 Å². The minimum Gasteiger partial charge on any atom is -0.288 e. The summed E-state index contributed by atoms with van der Waals surface area (Å²) in [4.78, 5) is 12.8. The third kappa shape index (κ3) is 2.79. The van der Waals surface area contributed by atoms with Crippen molar-refractivity contribution >= 4 is 44.7 Å². The number of rotatable bonds is 3. The molecule has 0 aliphatic heterocycles. The lowest BCUT2D eigenvalue weighted by atomic mass is 10.1. The molecule has 0 amide bonds. The van der Waals surface area contributed by atoms with Crippen LogP contribution in [0.1, 0.15) is 27.7 Å². The summed E-state index contributed by atoms with van der Waals surface area (Å²) in [5, 5.41) is 0. The van der Waals surface area contributed by atoms with Crippen LogP contribution in [0, 0.1) is 0 Å². The number of benzene rings is 1. The number of carbonyl (C=O) groups excluding carboxylic acids is 1. The van der Waals surface area contributed by atoms with E-state index in [9.17, 15) is 4.79 Å². The predicted octanol–water partition coefficient (Wildman–Crippen LogP) is 4.96. The quantitative estimate of drug-likeness (QED) is 0.728. The summed E-state index contributed by atoms with van der Waals surface area (Å²) in [6, 6.07) is 9.46. The van der Waals surface area contributed by atoms with E-state index < -0.39 is 0 Å². The molecule has 2 rings (SSSR count). The first-order chi connectivity index (χ1) is 8.11. The minimum absolute atomic E-state index is 0.0188. The van der Waals surface area contributed by atoms with E-state index in [1.54, 1.807) is 6.07 Å². The summed E-state index contributed by atoms with van der Waals surface area (Å²) in [7, 11) is 0. The molecular formula is C13H10BrClOS. The second kappa shape index (κ2) is 5.34. The van der Waals surface area contributed by atoms with Gasteiger partial charge in [0.2, 0.25) is 5.78 Å². The molecule has 2 aromatic rings. The van der Waals surface area contributed by atoms with Gasteiger partial charge in [-0.2, -0.15) is 0 Å². The van der Waals surface area contributed by atoms with Crippen LogP contribution >= 0.6 is 38.9 Å². The van der Waals surface area contributed by atoms with Gasteiger partial charge in [0, 0.05) is 10.0 Å². The number of aryl methyl sites for hydroxylation is 1. The molecule has 0 atom stereocenters. The van der Waals surface area contributed by atoms with Gasteiger partial charge in [0.1, 0.15) is 4.34 Å². The number of ketones is 1. The number of hydrogen-bond donors (Lipinski definition) is 0. The molecule has 0 spiro atoms. The first-order valence-corrected chi connectivity index (χ1v) is 7.19. The summed E-state index contributed by atoms with van der Waals surface area (Å²) in [6.07, 6.45) is 0.977. The molecule has 0 aliphatic carbocycles. The van der Waals surface area contributed by atoms with Crippen LogP contribution in [-0.4, -0.2) is 5.78 Å². The standard InChI is InChI=1S/C13H10BrClOS/c1-2-8-3-5-9(6-4-8)12(16)11-7-10(14)13(15)17-11/h3-7H,2H2,1H3. The van der Waals surface area contributed by atoms with E-state index in [2.05, 4.69) is 22.9 Å². The van der Waals surface area contributed by atoms with E-state index >= 15 is 0 Å². The van der Waals surface area contributed by atoms with E-state index in [0.29, 0.717) is 14.8 Å². The fraction of sp³-hybridized carbons (Fsp3) is 0.154. The average Bonchev–Trinajstić information content (AvgIpc) is 2.69. The molecular weight excluding hydrogens is 320 g/mol. The third-order valence-corrected chi connectivity index (χ3v) is 4.97. The van der Waals surface area contributed by atoms with Gasteiger partial charge in [0.25, 0.3) is 0 Å². The largest absolute Gasteiger partial charge is 0.288 e. The molecule has 88 valence electrons. The number of halogens is 2. The molecule has 0 bridgehead atoms. The number of carbonyl (C=O) groups is 1. The Morgan fingerprint density at radius 2 is 2.00 bits per heavy atom. The highest BCUT2D eigenvalue weighted by atomic mass is 79.9. The number of hydrogen-bond acceptors (Lipinski definition) is 2. The summed E-state index contributed by atoms with van der Waals surface area (Å²) >= 11 is 10.5. The Morgan fingerprint density at radius 3 is 2.47 bits per heavy atom. The predicted molar refractivity (Wildman–Crippen MR) is 76.3 cm³/mol. The van der Waals surface area contributed by atoms with Gasteiger partial charge in [0.15, 0.2) is 0 Å². The van der Waals surface area contributed by atoms with Crippen LogP contribution in [0.2, 0.25) is 4.34 Å². The van der Waals surface area contributed by atoms with Crippen molar-refractivity contribution in [3.8, 4) is 0 Å². The maximum Gasteiger partial charge on any atom is 0.203 e. The van der Waals surface area contributed by atoms with Crippen LogP contribution in [0.5, 0.6) is 0 Å². The Morgan fingerprint density at radius 1 is 1.35 bits per heavy atom. The van der Waals surface area contributed by atoms with Crippen molar-refractivity contribution < 1.29 is 4.79 Å². The summed E-state index contributed by atoms with van der Waals surface area (Å²) in [6.45, 7) is 2.09. The van der Waals surface area contributed by atoms with Crippen molar-refractivity contribution in [1.29, 1.82) is 0 Å². The Labute approximate surface area is 118 Å². The van der Waals surface area contributed by atoms with E-state index in [0.717, 1.165) is 10.9 Å². The van der Waals surface area contributed by atoms with Crippen molar-refractivity contribution in [2.24, 2.45) is 0 Å². The van der Waals surface area contributed by atoms with E-state index in [4.69, 9.17) is 11.6 Å². The van der Waals surface area contributed by atoms with E-state index in [-0.39, 0.29) is 5.78 Å². The van der Waals surface area contributed by atoms with E-state index in [1.165, 1.54) is 16.9 Å². The Hall–Kier alpha value is -0.640. The van der Waals surface area contributed by atoms with Crippen molar-refractivity contribution in [3.05, 3.63) is 55.1 Å². The second-order valence-corrected chi connectivity index (χ2v) is 6.12. The van der Waals surface area contributed by atoms with Crippen molar-refractivity contribution in [1.82, 2.24) is 0 Å². The summed E-state index contributed by atoms with van der Waals surface area (Å²) in [5.41, 5.74) is 1.93. The van der Waals surface area contributed by atoms with Crippen LogP contribution < -0.4 is 0 Å². The molecule has 0 N–H and O–H groups in total. The lowest BCUT2D eigenvalue weighted by Gasteiger charge is -2.00. The topological polar surface area (TPSA) is 17.1 Å². The lowest BCUT2D eigenvalue weighted by molar-refractivity contribution is 0.104. The highest BCUT2D eigenvalue weighted by Crippen LogP contribution is 2.33. The SMILES string of the molecule is CCc1ccc(C(=O)c2cc(Br)c(Cl)s2)cc1. The van der Waals surface area contributed by atoms with Crippen LogP contribution in [-0.2, 0) is 6.42 Å². The van der Waals surface area contributed by atoms with Crippen molar-refractivity contribution in [3.63, 3.8) is 0 Å². The zero-order valence-electron chi connectivity index (χ0n) is 9.17. The van der Waals surface area contributed by atoms with Gasteiger partial charge in [-0.1, -0.05) is 42.8 Å². The molecule has 0 fully saturated rings. The molecule has 0 aliphatic rings. The smallest absolute Gasteiger partial charge is 0.203 e. The van der Waals surface area contributed by atoms with Crippen LogP contribution in [0.25, 0.3) is 0 Å². The van der Waals surface area contributed by atoms with Gasteiger partial charge < -0.3 is 0 Å². The second-order valence-electron chi connectivity index (χ2n) is 3.61. The van der Waals surface area contributed by atoms with Crippen LogP contribution in [0.4, 0.5) is 0 Å². The minimum atomic E-state index is 0.0188. The molecule has 0 saturated heterocycles. The maximum atomic E-state index is 12.1. The molecule has 0 radical (unpaired) electrons. The lowest BCUT2D eigenvalue weighted by Crippen LogP contribution is -1.98. The van der Waals surface area contributed by atoms with Gasteiger partial charge in [-0.05, 0) is 34.0 Å². The Kier molecular flexibility index (Phi) is 4.02. The van der Waals surface area contributed by atoms with Gasteiger partial charge in [-0.25, -0.2) is 0 Å². The van der Waals surface area contributed by atoms with Gasteiger partial charge in [-0.3, -0.25) is 4.79 Å². The molecule has 1 aromatic carbocycles. The molecule has 0 unspecified atom stereocenters. The zero-order chi connectivity index (χ0) is 12.4.